The fourth-order valence-electron chi connectivity index (χ4n) is 2.27. The Hall–Kier alpha value is -1.74. The SMILES string of the molecule is CC(C)(S)CC(=O)O.COc1cc(OC)c(CSC(C)(C)CC(=O)O)c(OC)c1. The number of carbonyl (C=O) groups is 2. The van der Waals surface area contributed by atoms with Crippen LogP contribution in [0.25, 0.3) is 0 Å². The summed E-state index contributed by atoms with van der Waals surface area (Å²) in [6.45, 7) is 7.36. The Kier molecular flexibility index (Phi) is 11.3. The summed E-state index contributed by atoms with van der Waals surface area (Å²) in [5, 5.41) is 17.1. The molecular weight excluding hydrogens is 416 g/mol. The summed E-state index contributed by atoms with van der Waals surface area (Å²) in [5.74, 6) is 0.986. The molecule has 0 aliphatic carbocycles. The molecule has 2 N–H and O–H groups in total. The summed E-state index contributed by atoms with van der Waals surface area (Å²) in [6, 6.07) is 3.59. The van der Waals surface area contributed by atoms with Gasteiger partial charge >= 0.3 is 11.9 Å². The number of aliphatic carboxylic acids is 2. The molecular formula is C20H32O7S2. The zero-order valence-corrected chi connectivity index (χ0v) is 19.8. The van der Waals surface area contributed by atoms with Crippen LogP contribution in [0.5, 0.6) is 17.2 Å². The lowest BCUT2D eigenvalue weighted by molar-refractivity contribution is -0.138. The van der Waals surface area contributed by atoms with Crippen LogP contribution in [0.15, 0.2) is 12.1 Å². The molecule has 0 atom stereocenters. The van der Waals surface area contributed by atoms with Crippen molar-refractivity contribution in [3.63, 3.8) is 0 Å². The molecule has 0 aliphatic heterocycles. The molecule has 1 rings (SSSR count). The van der Waals surface area contributed by atoms with Gasteiger partial charge in [-0.1, -0.05) is 27.7 Å². The summed E-state index contributed by atoms with van der Waals surface area (Å²) in [6.07, 6.45) is 0.203. The van der Waals surface area contributed by atoms with Crippen LogP contribution >= 0.6 is 24.4 Å². The van der Waals surface area contributed by atoms with Crippen LogP contribution in [0.2, 0.25) is 0 Å². The lowest BCUT2D eigenvalue weighted by atomic mass is 10.1. The number of hydrogen-bond acceptors (Lipinski definition) is 7. The molecule has 0 unspecified atom stereocenters. The van der Waals surface area contributed by atoms with Crippen molar-refractivity contribution in [2.75, 3.05) is 21.3 Å². The van der Waals surface area contributed by atoms with Gasteiger partial charge in [0.1, 0.15) is 17.2 Å². The van der Waals surface area contributed by atoms with E-state index in [0.29, 0.717) is 23.0 Å². The third kappa shape index (κ3) is 11.8. The summed E-state index contributed by atoms with van der Waals surface area (Å²) < 4.78 is 15.2. The summed E-state index contributed by atoms with van der Waals surface area (Å²) in [5.41, 5.74) is 0.893. The normalized spacial score (nSPS) is 11.2. The molecule has 1 aromatic rings. The van der Waals surface area contributed by atoms with Gasteiger partial charge in [-0.25, -0.2) is 0 Å². The first kappa shape index (κ1) is 27.3. The average molecular weight is 449 g/mol. The van der Waals surface area contributed by atoms with Gasteiger partial charge < -0.3 is 24.4 Å². The van der Waals surface area contributed by atoms with Gasteiger partial charge in [0.05, 0.1) is 34.2 Å². The Morgan fingerprint density at radius 1 is 0.931 bits per heavy atom. The number of thiol groups is 1. The van der Waals surface area contributed by atoms with Crippen molar-refractivity contribution >= 4 is 36.3 Å². The first-order chi connectivity index (χ1) is 13.2. The van der Waals surface area contributed by atoms with Gasteiger partial charge in [0.25, 0.3) is 0 Å². The van der Waals surface area contributed by atoms with Gasteiger partial charge in [-0.2, -0.15) is 24.4 Å². The van der Waals surface area contributed by atoms with Crippen LogP contribution in [0, 0.1) is 0 Å². The maximum absolute atomic E-state index is 10.9. The number of rotatable bonds is 10. The Morgan fingerprint density at radius 3 is 1.66 bits per heavy atom. The number of methoxy groups -OCH3 is 3. The number of carboxylic acids is 2. The van der Waals surface area contributed by atoms with Crippen molar-refractivity contribution in [2.24, 2.45) is 0 Å². The minimum absolute atomic E-state index is 0.0957. The van der Waals surface area contributed by atoms with E-state index in [4.69, 9.17) is 24.4 Å². The molecule has 166 valence electrons. The molecule has 1 aromatic carbocycles. The zero-order chi connectivity index (χ0) is 22.8. The van der Waals surface area contributed by atoms with E-state index in [1.807, 2.05) is 13.8 Å². The lowest BCUT2D eigenvalue weighted by Crippen LogP contribution is -2.20. The molecule has 7 nitrogen and oxygen atoms in total. The van der Waals surface area contributed by atoms with Crippen LogP contribution in [0.3, 0.4) is 0 Å². The Labute approximate surface area is 182 Å². The first-order valence-corrected chi connectivity index (χ1v) is 10.3. The Bertz CT molecular complexity index is 657. The van der Waals surface area contributed by atoms with Crippen LogP contribution < -0.4 is 14.2 Å². The largest absolute Gasteiger partial charge is 0.496 e. The van der Waals surface area contributed by atoms with E-state index in [0.717, 1.165) is 5.56 Å². The van der Waals surface area contributed by atoms with Gasteiger partial charge in [-0.15, -0.1) is 0 Å². The highest BCUT2D eigenvalue weighted by Gasteiger charge is 2.24. The fourth-order valence-corrected chi connectivity index (χ4v) is 3.45. The van der Waals surface area contributed by atoms with Crippen molar-refractivity contribution in [3.8, 4) is 17.2 Å². The molecule has 0 spiro atoms. The minimum Gasteiger partial charge on any atom is -0.496 e. The fraction of sp³-hybridized carbons (Fsp3) is 0.600. The predicted molar refractivity (Wildman–Crippen MR) is 119 cm³/mol. The van der Waals surface area contributed by atoms with Crippen molar-refractivity contribution in [1.29, 1.82) is 0 Å². The van der Waals surface area contributed by atoms with Crippen LogP contribution in [0.1, 0.15) is 46.1 Å². The van der Waals surface area contributed by atoms with Gasteiger partial charge in [-0.05, 0) is 0 Å². The molecule has 0 radical (unpaired) electrons. The summed E-state index contributed by atoms with van der Waals surface area (Å²) in [7, 11) is 4.76. The maximum atomic E-state index is 10.9. The number of hydrogen-bond donors (Lipinski definition) is 3. The average Bonchev–Trinajstić information content (AvgIpc) is 2.56. The molecule has 0 heterocycles. The number of ether oxygens (including phenoxy) is 3. The van der Waals surface area contributed by atoms with Gasteiger partial charge in [0.2, 0.25) is 0 Å². The number of thioether (sulfide) groups is 1. The van der Waals surface area contributed by atoms with E-state index in [9.17, 15) is 9.59 Å². The van der Waals surface area contributed by atoms with E-state index in [-0.39, 0.29) is 22.3 Å². The van der Waals surface area contributed by atoms with Crippen molar-refractivity contribution < 1.29 is 34.0 Å². The lowest BCUT2D eigenvalue weighted by Gasteiger charge is -2.23. The molecule has 0 bridgehead atoms. The zero-order valence-electron chi connectivity index (χ0n) is 18.1. The van der Waals surface area contributed by atoms with Gasteiger partial charge in [-0.3, -0.25) is 9.59 Å². The third-order valence-corrected chi connectivity index (χ3v) is 5.10. The summed E-state index contributed by atoms with van der Waals surface area (Å²) in [4.78, 5) is 20.8. The van der Waals surface area contributed by atoms with Crippen LogP contribution in [-0.2, 0) is 15.3 Å². The molecule has 29 heavy (non-hydrogen) atoms. The van der Waals surface area contributed by atoms with Crippen molar-refractivity contribution in [3.05, 3.63) is 17.7 Å². The predicted octanol–water partition coefficient (Wildman–Crippen LogP) is 4.37. The smallest absolute Gasteiger partial charge is 0.304 e. The van der Waals surface area contributed by atoms with Crippen LogP contribution in [0.4, 0.5) is 0 Å². The maximum Gasteiger partial charge on any atom is 0.304 e. The molecule has 0 fully saturated rings. The standard InChI is InChI=1S/C15H22O5S.C5H10O2S/c1-15(2,8-14(16)17)21-9-11-12(19-4)6-10(18-3)7-13(11)20-5;1-5(2,8)3-4(6)7/h6-7H,8-9H2,1-5H3,(H,16,17);8H,3H2,1-2H3,(H,6,7). The molecule has 0 amide bonds. The highest BCUT2D eigenvalue weighted by atomic mass is 32.2. The second kappa shape index (κ2) is 12.1. The summed E-state index contributed by atoms with van der Waals surface area (Å²) >= 11 is 5.56. The number of carboxylic acid groups (broad SMARTS) is 2. The molecule has 0 aliphatic rings. The molecule has 0 aromatic heterocycles. The molecule has 0 saturated heterocycles. The monoisotopic (exact) mass is 448 g/mol. The quantitative estimate of drug-likeness (QED) is 0.454. The van der Waals surface area contributed by atoms with E-state index < -0.39 is 11.9 Å². The second-order valence-corrected chi connectivity index (χ2v) is 10.4. The van der Waals surface area contributed by atoms with E-state index >= 15 is 0 Å². The Morgan fingerprint density at radius 2 is 1.38 bits per heavy atom. The topological polar surface area (TPSA) is 102 Å². The van der Waals surface area contributed by atoms with Crippen molar-refractivity contribution in [1.82, 2.24) is 0 Å². The van der Waals surface area contributed by atoms with E-state index in [1.54, 1.807) is 59.1 Å². The Balaban J connectivity index is 0.000000828. The second-order valence-electron chi connectivity index (χ2n) is 7.51. The number of benzene rings is 1. The van der Waals surface area contributed by atoms with Gasteiger partial charge in [0, 0.05) is 32.9 Å². The van der Waals surface area contributed by atoms with Crippen LogP contribution in [-0.4, -0.2) is 53.0 Å². The van der Waals surface area contributed by atoms with Crippen molar-refractivity contribution in [2.45, 2.75) is 55.8 Å². The van der Waals surface area contributed by atoms with E-state index in [2.05, 4.69) is 12.6 Å². The molecule has 9 heteroatoms. The van der Waals surface area contributed by atoms with Gasteiger partial charge in [0.15, 0.2) is 0 Å². The first-order valence-electron chi connectivity index (χ1n) is 8.83. The highest BCUT2D eigenvalue weighted by molar-refractivity contribution is 7.99. The minimum atomic E-state index is -0.804. The van der Waals surface area contributed by atoms with E-state index in [1.165, 1.54) is 0 Å². The third-order valence-electron chi connectivity index (χ3n) is 3.59. The highest BCUT2D eigenvalue weighted by Crippen LogP contribution is 2.40. The molecule has 0 saturated carbocycles.